The highest BCUT2D eigenvalue weighted by Crippen LogP contribution is 2.24. The molecule has 0 bridgehead atoms. The van der Waals surface area contributed by atoms with E-state index in [9.17, 15) is 13.2 Å². The van der Waals surface area contributed by atoms with Crippen molar-refractivity contribution < 1.29 is 17.9 Å². The molecule has 0 radical (unpaired) electrons. The van der Waals surface area contributed by atoms with Gasteiger partial charge in [0, 0.05) is 11.2 Å². The van der Waals surface area contributed by atoms with Crippen LogP contribution in [0.5, 0.6) is 0 Å². The number of thioether (sulfide) groups is 1. The lowest BCUT2D eigenvalue weighted by atomic mass is 10.2. The van der Waals surface area contributed by atoms with Crippen LogP contribution in [-0.4, -0.2) is 33.5 Å². The number of carbonyl (C=O) groups excluding carboxylic acids is 1. The maximum absolute atomic E-state index is 11.6. The van der Waals surface area contributed by atoms with Crippen LogP contribution in [0.4, 0.5) is 0 Å². The summed E-state index contributed by atoms with van der Waals surface area (Å²) in [6, 6.07) is 4.40. The Kier molecular flexibility index (Phi) is 4.59. The zero-order chi connectivity index (χ0) is 13.1. The minimum atomic E-state index is -3.26. The van der Waals surface area contributed by atoms with E-state index in [1.807, 2.05) is 0 Å². The summed E-state index contributed by atoms with van der Waals surface area (Å²) in [5, 5.41) is 0. The van der Waals surface area contributed by atoms with Crippen LogP contribution < -0.4 is 0 Å². The average Bonchev–Trinajstić information content (AvgIpc) is 2.27. The number of sulfone groups is 1. The van der Waals surface area contributed by atoms with Crippen molar-refractivity contribution in [2.45, 2.75) is 16.7 Å². The molecule has 0 aliphatic rings. The number of ether oxygens (including phenoxy) is 1. The number of esters is 1. The number of rotatable bonds is 4. The zero-order valence-corrected chi connectivity index (χ0v) is 11.5. The third kappa shape index (κ3) is 3.47. The van der Waals surface area contributed by atoms with E-state index < -0.39 is 15.8 Å². The molecular weight excluding hydrogens is 260 g/mol. The number of benzene rings is 1. The normalized spacial score (nSPS) is 11.2. The Balaban J connectivity index is 3.23. The highest BCUT2D eigenvalue weighted by molar-refractivity contribution is 7.98. The fraction of sp³-hybridized carbons (Fsp3) is 0.364. The molecule has 0 fully saturated rings. The number of hydrogen-bond acceptors (Lipinski definition) is 5. The summed E-state index contributed by atoms with van der Waals surface area (Å²) in [6.07, 6.45) is 2.92. The van der Waals surface area contributed by atoms with Crippen LogP contribution in [0.15, 0.2) is 28.0 Å². The summed E-state index contributed by atoms with van der Waals surface area (Å²) in [5.41, 5.74) is 0.395. The molecule has 17 heavy (non-hydrogen) atoms. The van der Waals surface area contributed by atoms with Gasteiger partial charge in [-0.3, -0.25) is 0 Å². The Morgan fingerprint density at radius 1 is 1.41 bits per heavy atom. The zero-order valence-electron chi connectivity index (χ0n) is 9.89. The molecular formula is C11H14O4S2. The molecule has 0 N–H and O–H groups in total. The molecule has 1 aromatic rings. The van der Waals surface area contributed by atoms with Crippen LogP contribution in [0.2, 0.25) is 0 Å². The van der Waals surface area contributed by atoms with Crippen LogP contribution in [0, 0.1) is 0 Å². The lowest BCUT2D eigenvalue weighted by Crippen LogP contribution is -2.07. The van der Waals surface area contributed by atoms with E-state index in [2.05, 4.69) is 0 Å². The predicted molar refractivity (Wildman–Crippen MR) is 67.3 cm³/mol. The standard InChI is InChI=1S/C11H14O4S2/c1-4-15-11(12)9-6-5-8(17(3,13)14)7-10(9)16-2/h5-7H,4H2,1-3H3. The highest BCUT2D eigenvalue weighted by atomic mass is 32.2. The largest absolute Gasteiger partial charge is 0.462 e. The predicted octanol–water partition coefficient (Wildman–Crippen LogP) is 1.99. The van der Waals surface area contributed by atoms with Gasteiger partial charge in [-0.1, -0.05) is 0 Å². The minimum absolute atomic E-state index is 0.204. The minimum Gasteiger partial charge on any atom is -0.462 e. The van der Waals surface area contributed by atoms with E-state index in [4.69, 9.17) is 4.74 Å². The van der Waals surface area contributed by atoms with Crippen LogP contribution in [-0.2, 0) is 14.6 Å². The molecule has 4 nitrogen and oxygen atoms in total. The second kappa shape index (κ2) is 5.55. The van der Waals surface area contributed by atoms with Gasteiger partial charge in [0.25, 0.3) is 0 Å². The van der Waals surface area contributed by atoms with Crippen molar-refractivity contribution in [2.75, 3.05) is 19.1 Å². The Morgan fingerprint density at radius 2 is 2.06 bits per heavy atom. The maximum atomic E-state index is 11.6. The van der Waals surface area contributed by atoms with Gasteiger partial charge in [-0.2, -0.15) is 0 Å². The van der Waals surface area contributed by atoms with E-state index in [1.165, 1.54) is 30.0 Å². The van der Waals surface area contributed by atoms with E-state index in [-0.39, 0.29) is 4.90 Å². The molecule has 94 valence electrons. The van der Waals surface area contributed by atoms with Crippen LogP contribution >= 0.6 is 11.8 Å². The SMILES string of the molecule is CCOC(=O)c1ccc(S(C)(=O)=O)cc1SC. The smallest absolute Gasteiger partial charge is 0.339 e. The molecule has 0 aliphatic carbocycles. The molecule has 0 aliphatic heterocycles. The van der Waals surface area contributed by atoms with Gasteiger partial charge in [0.1, 0.15) is 0 Å². The molecule has 0 aromatic heterocycles. The summed E-state index contributed by atoms with van der Waals surface area (Å²) in [7, 11) is -3.26. The molecule has 0 atom stereocenters. The third-order valence-electron chi connectivity index (χ3n) is 2.10. The average molecular weight is 274 g/mol. The number of carbonyl (C=O) groups is 1. The van der Waals surface area contributed by atoms with E-state index in [0.29, 0.717) is 17.1 Å². The first kappa shape index (κ1) is 14.1. The van der Waals surface area contributed by atoms with Gasteiger partial charge in [0.15, 0.2) is 9.84 Å². The number of hydrogen-bond donors (Lipinski definition) is 0. The van der Waals surface area contributed by atoms with Gasteiger partial charge in [-0.15, -0.1) is 11.8 Å². The van der Waals surface area contributed by atoms with Gasteiger partial charge in [0.2, 0.25) is 0 Å². The molecule has 1 rings (SSSR count). The summed E-state index contributed by atoms with van der Waals surface area (Å²) < 4.78 is 27.7. The van der Waals surface area contributed by atoms with E-state index in [0.717, 1.165) is 6.26 Å². The molecule has 1 aromatic carbocycles. The Hall–Kier alpha value is -1.01. The summed E-state index contributed by atoms with van der Waals surface area (Å²) in [6.45, 7) is 2.02. The monoisotopic (exact) mass is 274 g/mol. The van der Waals surface area contributed by atoms with Crippen molar-refractivity contribution in [3.8, 4) is 0 Å². The van der Waals surface area contributed by atoms with Gasteiger partial charge in [-0.05, 0) is 31.4 Å². The lowest BCUT2D eigenvalue weighted by molar-refractivity contribution is 0.0522. The molecule has 0 heterocycles. The summed E-state index contributed by atoms with van der Waals surface area (Å²) >= 11 is 1.31. The van der Waals surface area contributed by atoms with Crippen molar-refractivity contribution in [3.05, 3.63) is 23.8 Å². The van der Waals surface area contributed by atoms with Gasteiger partial charge in [0.05, 0.1) is 17.1 Å². The van der Waals surface area contributed by atoms with Crippen LogP contribution in [0.3, 0.4) is 0 Å². The summed E-state index contributed by atoms with van der Waals surface area (Å²) in [4.78, 5) is 12.4. The van der Waals surface area contributed by atoms with Gasteiger partial charge >= 0.3 is 5.97 Å². The van der Waals surface area contributed by atoms with Crippen LogP contribution in [0.1, 0.15) is 17.3 Å². The topological polar surface area (TPSA) is 60.4 Å². The maximum Gasteiger partial charge on any atom is 0.339 e. The second-order valence-electron chi connectivity index (χ2n) is 3.35. The first-order valence-electron chi connectivity index (χ1n) is 4.95. The Bertz CT molecular complexity index is 520. The fourth-order valence-electron chi connectivity index (χ4n) is 1.28. The third-order valence-corrected chi connectivity index (χ3v) is 3.98. The van der Waals surface area contributed by atoms with Gasteiger partial charge in [-0.25, -0.2) is 13.2 Å². The molecule has 0 amide bonds. The highest BCUT2D eigenvalue weighted by Gasteiger charge is 2.15. The van der Waals surface area contributed by atoms with E-state index >= 15 is 0 Å². The molecule has 0 unspecified atom stereocenters. The van der Waals surface area contributed by atoms with Gasteiger partial charge < -0.3 is 4.74 Å². The fourth-order valence-corrected chi connectivity index (χ4v) is 2.62. The molecule has 6 heteroatoms. The Labute approximate surface area is 105 Å². The van der Waals surface area contributed by atoms with Crippen molar-refractivity contribution in [1.82, 2.24) is 0 Å². The van der Waals surface area contributed by atoms with Crippen molar-refractivity contribution in [3.63, 3.8) is 0 Å². The van der Waals surface area contributed by atoms with Crippen LogP contribution in [0.25, 0.3) is 0 Å². The summed E-state index contributed by atoms with van der Waals surface area (Å²) in [5.74, 6) is -0.433. The Morgan fingerprint density at radius 3 is 2.53 bits per heavy atom. The first-order valence-corrected chi connectivity index (χ1v) is 8.07. The van der Waals surface area contributed by atoms with Crippen molar-refractivity contribution in [1.29, 1.82) is 0 Å². The first-order chi connectivity index (χ1) is 7.90. The lowest BCUT2D eigenvalue weighted by Gasteiger charge is -2.08. The molecule has 0 saturated heterocycles. The molecule has 0 saturated carbocycles. The van der Waals surface area contributed by atoms with E-state index in [1.54, 1.807) is 13.2 Å². The van der Waals surface area contributed by atoms with Crippen molar-refractivity contribution >= 4 is 27.6 Å². The van der Waals surface area contributed by atoms with Crippen molar-refractivity contribution in [2.24, 2.45) is 0 Å². The molecule has 0 spiro atoms. The second-order valence-corrected chi connectivity index (χ2v) is 6.22. The quantitative estimate of drug-likeness (QED) is 0.620.